The Morgan fingerprint density at radius 2 is 1.19 bits per heavy atom. The van der Waals surface area contributed by atoms with Gasteiger partial charge < -0.3 is 4.40 Å². The highest BCUT2D eigenvalue weighted by molar-refractivity contribution is 5.75. The lowest BCUT2D eigenvalue weighted by Crippen LogP contribution is -1.92. The predicted octanol–water partition coefficient (Wildman–Crippen LogP) is 7.44. The second-order valence-electron chi connectivity index (χ2n) is 7.39. The smallest absolute Gasteiger partial charge is 0.0452 e. The Morgan fingerprint density at radius 3 is 1.70 bits per heavy atom. The van der Waals surface area contributed by atoms with Crippen molar-refractivity contribution < 1.29 is 0 Å². The second-order valence-corrected chi connectivity index (χ2v) is 7.39. The molecule has 0 fully saturated rings. The van der Waals surface area contributed by atoms with E-state index in [2.05, 4.69) is 102 Å². The fourth-order valence-electron chi connectivity index (χ4n) is 2.72. The van der Waals surface area contributed by atoms with E-state index in [1.54, 1.807) is 0 Å². The van der Waals surface area contributed by atoms with Gasteiger partial charge in [0.05, 0.1) is 0 Å². The zero-order chi connectivity index (χ0) is 19.9. The van der Waals surface area contributed by atoms with Crippen molar-refractivity contribution in [2.45, 2.75) is 74.1 Å². The number of nitrogens with zero attached hydrogens (tertiary/aromatic N) is 1. The van der Waals surface area contributed by atoms with Gasteiger partial charge in [-0.15, -0.1) is 0 Å². The van der Waals surface area contributed by atoms with E-state index in [-0.39, 0.29) is 8.41 Å². The Kier molecular flexibility index (Phi) is 10.8. The SMILES string of the molecule is CC.Cc1ccc(C(C)C)cc1C.Cc1ccc2ccc(C(C)C)cn12.[B]. The fraction of sp³-hybridized carbons (Fsp3) is 0.440. The lowest BCUT2D eigenvalue weighted by molar-refractivity contribution is 0.851. The van der Waals surface area contributed by atoms with Crippen LogP contribution in [-0.2, 0) is 0 Å². The molecule has 0 saturated heterocycles. The second kappa shape index (κ2) is 11.7. The van der Waals surface area contributed by atoms with E-state index >= 15 is 0 Å². The molecule has 2 heteroatoms. The summed E-state index contributed by atoms with van der Waals surface area (Å²) in [6, 6.07) is 15.4. The first-order chi connectivity index (χ1) is 12.3. The van der Waals surface area contributed by atoms with Gasteiger partial charge >= 0.3 is 0 Å². The third kappa shape index (κ3) is 6.94. The first kappa shape index (κ1) is 25.0. The van der Waals surface area contributed by atoms with Crippen molar-refractivity contribution in [1.82, 2.24) is 4.40 Å². The molecular formula is C25H37BN. The van der Waals surface area contributed by atoms with Gasteiger partial charge in [0, 0.05) is 25.8 Å². The molecule has 145 valence electrons. The Morgan fingerprint density at radius 1 is 0.667 bits per heavy atom. The molecule has 0 aliphatic rings. The molecule has 0 atom stereocenters. The highest BCUT2D eigenvalue weighted by Gasteiger charge is 2.01. The number of hydrogen-bond donors (Lipinski definition) is 0. The van der Waals surface area contributed by atoms with E-state index in [9.17, 15) is 0 Å². The van der Waals surface area contributed by atoms with Crippen molar-refractivity contribution in [1.29, 1.82) is 0 Å². The summed E-state index contributed by atoms with van der Waals surface area (Å²) in [5, 5.41) is 0. The van der Waals surface area contributed by atoms with E-state index in [0.717, 1.165) is 0 Å². The molecule has 1 aromatic carbocycles. The van der Waals surface area contributed by atoms with Crippen LogP contribution in [0.5, 0.6) is 0 Å². The highest BCUT2D eigenvalue weighted by atomic mass is 14.9. The minimum Gasteiger partial charge on any atom is -0.321 e. The molecular weight excluding hydrogens is 325 g/mol. The van der Waals surface area contributed by atoms with Gasteiger partial charge in [0.25, 0.3) is 0 Å². The molecule has 0 saturated carbocycles. The van der Waals surface area contributed by atoms with E-state index in [1.807, 2.05) is 13.8 Å². The zero-order valence-electron chi connectivity index (χ0n) is 18.8. The molecule has 2 aromatic heterocycles. The van der Waals surface area contributed by atoms with Gasteiger partial charge in [-0.3, -0.25) is 0 Å². The van der Waals surface area contributed by atoms with Gasteiger partial charge in [-0.1, -0.05) is 65.8 Å². The van der Waals surface area contributed by atoms with Crippen molar-refractivity contribution in [3.05, 3.63) is 76.6 Å². The van der Waals surface area contributed by atoms with Crippen LogP contribution < -0.4 is 0 Å². The third-order valence-corrected chi connectivity index (χ3v) is 4.74. The molecule has 3 aromatic rings. The minimum absolute atomic E-state index is 0. The predicted molar refractivity (Wildman–Crippen MR) is 123 cm³/mol. The summed E-state index contributed by atoms with van der Waals surface area (Å²) in [6.45, 7) is 19.4. The summed E-state index contributed by atoms with van der Waals surface area (Å²) in [7, 11) is 0. The Labute approximate surface area is 169 Å². The van der Waals surface area contributed by atoms with Crippen molar-refractivity contribution in [3.8, 4) is 0 Å². The van der Waals surface area contributed by atoms with Gasteiger partial charge in [-0.05, 0) is 73.1 Å². The van der Waals surface area contributed by atoms with Crippen LogP contribution in [0.2, 0.25) is 0 Å². The molecule has 1 nitrogen and oxygen atoms in total. The summed E-state index contributed by atoms with van der Waals surface area (Å²) < 4.78 is 2.25. The van der Waals surface area contributed by atoms with Crippen LogP contribution in [0.4, 0.5) is 0 Å². The van der Waals surface area contributed by atoms with Crippen molar-refractivity contribution in [2.24, 2.45) is 0 Å². The fourth-order valence-corrected chi connectivity index (χ4v) is 2.72. The summed E-state index contributed by atoms with van der Waals surface area (Å²) >= 11 is 0. The number of fused-ring (bicyclic) bond motifs is 1. The average Bonchev–Trinajstić information content (AvgIpc) is 3.00. The lowest BCUT2D eigenvalue weighted by atomic mass is 9.99. The first-order valence-electron chi connectivity index (χ1n) is 9.94. The molecule has 3 rings (SSSR count). The summed E-state index contributed by atoms with van der Waals surface area (Å²) in [5.74, 6) is 1.25. The Hall–Kier alpha value is -1.96. The number of pyridine rings is 1. The summed E-state index contributed by atoms with van der Waals surface area (Å²) in [6.07, 6.45) is 2.23. The number of rotatable bonds is 2. The maximum absolute atomic E-state index is 2.28. The number of hydrogen-bond acceptors (Lipinski definition) is 0. The van der Waals surface area contributed by atoms with Gasteiger partial charge in [0.2, 0.25) is 0 Å². The third-order valence-electron chi connectivity index (χ3n) is 4.74. The van der Waals surface area contributed by atoms with Gasteiger partial charge in [0.15, 0.2) is 0 Å². The average molecular weight is 362 g/mol. The number of benzene rings is 1. The number of aryl methyl sites for hydroxylation is 3. The van der Waals surface area contributed by atoms with Crippen LogP contribution in [0.3, 0.4) is 0 Å². The highest BCUT2D eigenvalue weighted by Crippen LogP contribution is 2.18. The summed E-state index contributed by atoms with van der Waals surface area (Å²) in [4.78, 5) is 0. The largest absolute Gasteiger partial charge is 0.321 e. The quantitative estimate of drug-likeness (QED) is 0.417. The van der Waals surface area contributed by atoms with Crippen LogP contribution in [0, 0.1) is 20.8 Å². The maximum atomic E-state index is 2.28. The van der Waals surface area contributed by atoms with Gasteiger partial charge in [-0.25, -0.2) is 0 Å². The van der Waals surface area contributed by atoms with Crippen LogP contribution in [0.15, 0.2) is 48.7 Å². The molecule has 0 aliphatic heterocycles. The van der Waals surface area contributed by atoms with E-state index in [0.29, 0.717) is 11.8 Å². The van der Waals surface area contributed by atoms with Gasteiger partial charge in [-0.2, -0.15) is 0 Å². The molecule has 0 bridgehead atoms. The molecule has 0 amide bonds. The van der Waals surface area contributed by atoms with E-state index in [4.69, 9.17) is 0 Å². The van der Waals surface area contributed by atoms with Crippen LogP contribution in [0.1, 0.15) is 81.3 Å². The van der Waals surface area contributed by atoms with Crippen LogP contribution >= 0.6 is 0 Å². The van der Waals surface area contributed by atoms with E-state index in [1.165, 1.54) is 33.5 Å². The lowest BCUT2D eigenvalue weighted by Gasteiger charge is -2.07. The van der Waals surface area contributed by atoms with Crippen molar-refractivity contribution in [2.75, 3.05) is 0 Å². The Balaban J connectivity index is 0.000000449. The van der Waals surface area contributed by atoms with Crippen molar-refractivity contribution in [3.63, 3.8) is 0 Å². The standard InChI is InChI=1S/C12H15N.C11H16.C2H6.B/c1-9(2)11-5-7-12-6-4-10(3)13(12)8-11;1-8(2)11-6-5-9(3)10(4)7-11;1-2;/h4-9H,1-3H3;5-8H,1-4H3;1-2H3;. The molecule has 0 unspecified atom stereocenters. The molecule has 0 aliphatic carbocycles. The zero-order valence-corrected chi connectivity index (χ0v) is 18.8. The van der Waals surface area contributed by atoms with E-state index < -0.39 is 0 Å². The van der Waals surface area contributed by atoms with Gasteiger partial charge in [0.1, 0.15) is 0 Å². The molecule has 0 N–H and O–H groups in total. The number of aromatic nitrogens is 1. The normalized spacial score (nSPS) is 10.0. The molecule has 27 heavy (non-hydrogen) atoms. The molecule has 2 heterocycles. The summed E-state index contributed by atoms with van der Waals surface area (Å²) in [5.41, 5.74) is 8.20. The maximum Gasteiger partial charge on any atom is 0.0452 e. The van der Waals surface area contributed by atoms with Crippen LogP contribution in [0.25, 0.3) is 5.52 Å². The van der Waals surface area contributed by atoms with Crippen molar-refractivity contribution >= 4 is 13.9 Å². The first-order valence-corrected chi connectivity index (χ1v) is 9.94. The molecule has 0 spiro atoms. The minimum atomic E-state index is 0. The van der Waals surface area contributed by atoms with Crippen LogP contribution in [-0.4, -0.2) is 12.8 Å². The topological polar surface area (TPSA) is 4.41 Å². The monoisotopic (exact) mass is 362 g/mol. The molecule has 3 radical (unpaired) electrons. The Bertz CT molecular complexity index is 812.